The molecule has 0 saturated carbocycles. The lowest BCUT2D eigenvalue weighted by Crippen LogP contribution is -2.52. The van der Waals surface area contributed by atoms with E-state index in [1.54, 1.807) is 7.11 Å². The minimum atomic E-state index is -0.126. The van der Waals surface area contributed by atoms with Crippen LogP contribution in [0.4, 0.5) is 0 Å². The second-order valence-corrected chi connectivity index (χ2v) is 9.07. The third-order valence-electron chi connectivity index (χ3n) is 7.07. The first-order valence-corrected chi connectivity index (χ1v) is 10.9. The number of para-hydroxylation sites is 1. The number of carbonyl (C=O) groups is 1. The van der Waals surface area contributed by atoms with Crippen molar-refractivity contribution in [1.29, 1.82) is 0 Å². The maximum Gasteiger partial charge on any atom is 0.248 e. The van der Waals surface area contributed by atoms with Crippen LogP contribution in [0.15, 0.2) is 30.5 Å². The maximum atomic E-state index is 12.5. The van der Waals surface area contributed by atoms with Crippen LogP contribution in [-0.4, -0.2) is 75.4 Å². The summed E-state index contributed by atoms with van der Waals surface area (Å²) in [5.41, 5.74) is 2.47. The summed E-state index contributed by atoms with van der Waals surface area (Å²) < 4.78 is 7.29. The highest BCUT2D eigenvalue weighted by molar-refractivity contribution is 5.83. The summed E-state index contributed by atoms with van der Waals surface area (Å²) in [5.74, 6) is 2.10. The number of methoxy groups -OCH3 is 1. The summed E-state index contributed by atoms with van der Waals surface area (Å²) in [7, 11) is 3.68. The van der Waals surface area contributed by atoms with Gasteiger partial charge in [-0.2, -0.15) is 5.10 Å². The van der Waals surface area contributed by atoms with Crippen LogP contribution >= 0.6 is 0 Å². The molecular weight excluding hydrogens is 392 g/mol. The van der Waals surface area contributed by atoms with Gasteiger partial charge in [0.05, 0.1) is 5.41 Å². The lowest BCUT2D eigenvalue weighted by molar-refractivity contribution is -0.137. The zero-order valence-corrected chi connectivity index (χ0v) is 18.5. The van der Waals surface area contributed by atoms with Crippen LogP contribution < -0.4 is 0 Å². The van der Waals surface area contributed by atoms with Crippen molar-refractivity contribution < 1.29 is 9.53 Å². The molecule has 2 aliphatic rings. The predicted octanol–water partition coefficient (Wildman–Crippen LogP) is 1.85. The summed E-state index contributed by atoms with van der Waals surface area (Å²) in [6.45, 7) is 6.24. The standard InChI is InChI=1S/C23H30N6O2/c1-16-24-22(26-25-16)23-8-9-29(21(30)14-31-3)13-18(23)12-28(15-23)11-17-10-27(2)20-7-5-4-6-19(17)20/h4-7,10,18H,8-9,11-15H2,1-3H3,(H,24,25,26)/t18-,23+/m0/s1. The Balaban J connectivity index is 1.43. The van der Waals surface area contributed by atoms with E-state index in [1.165, 1.54) is 16.5 Å². The van der Waals surface area contributed by atoms with Crippen LogP contribution in [-0.2, 0) is 28.5 Å². The molecule has 0 aliphatic carbocycles. The Morgan fingerprint density at radius 1 is 1.32 bits per heavy atom. The zero-order valence-electron chi connectivity index (χ0n) is 18.5. The molecule has 4 heterocycles. The van der Waals surface area contributed by atoms with Gasteiger partial charge in [0.15, 0.2) is 5.82 Å². The highest BCUT2D eigenvalue weighted by Crippen LogP contribution is 2.44. The number of piperidine rings is 1. The molecule has 0 radical (unpaired) electrons. The van der Waals surface area contributed by atoms with Crippen molar-refractivity contribution in [3.63, 3.8) is 0 Å². The molecule has 0 unspecified atom stereocenters. The number of nitrogens with zero attached hydrogens (tertiary/aromatic N) is 5. The molecule has 31 heavy (non-hydrogen) atoms. The lowest BCUT2D eigenvalue weighted by atomic mass is 9.72. The number of benzene rings is 1. The number of H-pyrrole nitrogens is 1. The van der Waals surface area contributed by atoms with Crippen LogP contribution in [0, 0.1) is 12.8 Å². The first kappa shape index (κ1) is 20.2. The number of amides is 1. The predicted molar refractivity (Wildman–Crippen MR) is 118 cm³/mol. The monoisotopic (exact) mass is 422 g/mol. The van der Waals surface area contributed by atoms with Gasteiger partial charge in [-0.05, 0) is 25.0 Å². The van der Waals surface area contributed by atoms with E-state index >= 15 is 0 Å². The van der Waals surface area contributed by atoms with Gasteiger partial charge in [0, 0.05) is 69.9 Å². The summed E-state index contributed by atoms with van der Waals surface area (Å²) in [6, 6.07) is 8.56. The third kappa shape index (κ3) is 3.43. The molecule has 2 atom stereocenters. The van der Waals surface area contributed by atoms with E-state index in [4.69, 9.17) is 9.72 Å². The molecule has 0 spiro atoms. The van der Waals surface area contributed by atoms with Crippen LogP contribution in [0.2, 0.25) is 0 Å². The van der Waals surface area contributed by atoms with Gasteiger partial charge in [0.2, 0.25) is 5.91 Å². The molecule has 3 aromatic rings. The van der Waals surface area contributed by atoms with E-state index in [0.717, 1.165) is 44.2 Å². The Morgan fingerprint density at radius 3 is 2.94 bits per heavy atom. The van der Waals surface area contributed by atoms with E-state index in [0.29, 0.717) is 12.5 Å². The van der Waals surface area contributed by atoms with Gasteiger partial charge in [-0.15, -0.1) is 0 Å². The van der Waals surface area contributed by atoms with Crippen LogP contribution in [0.3, 0.4) is 0 Å². The van der Waals surface area contributed by atoms with Crippen molar-refractivity contribution in [1.82, 2.24) is 29.5 Å². The fraction of sp³-hybridized carbons (Fsp3) is 0.522. The molecule has 8 heteroatoms. The van der Waals surface area contributed by atoms with Crippen molar-refractivity contribution >= 4 is 16.8 Å². The normalized spacial score (nSPS) is 24.1. The number of ether oxygens (including phenoxy) is 1. The smallest absolute Gasteiger partial charge is 0.248 e. The van der Waals surface area contributed by atoms with E-state index in [9.17, 15) is 4.79 Å². The van der Waals surface area contributed by atoms with E-state index in [2.05, 4.69) is 57.2 Å². The molecule has 0 bridgehead atoms. The largest absolute Gasteiger partial charge is 0.375 e. The van der Waals surface area contributed by atoms with E-state index < -0.39 is 0 Å². The number of rotatable bonds is 5. The van der Waals surface area contributed by atoms with Crippen LogP contribution in [0.1, 0.15) is 23.6 Å². The molecule has 1 N–H and O–H groups in total. The Labute approximate surface area is 182 Å². The van der Waals surface area contributed by atoms with E-state index in [-0.39, 0.29) is 17.9 Å². The summed E-state index contributed by atoms with van der Waals surface area (Å²) in [4.78, 5) is 21.7. The Hall–Kier alpha value is -2.71. The highest BCUT2D eigenvalue weighted by Gasteiger charge is 2.53. The van der Waals surface area contributed by atoms with Crippen molar-refractivity contribution in [2.75, 3.05) is 39.9 Å². The number of aromatic nitrogens is 4. The zero-order chi connectivity index (χ0) is 21.6. The summed E-state index contributed by atoms with van der Waals surface area (Å²) in [5, 5.41) is 8.92. The van der Waals surface area contributed by atoms with Crippen molar-refractivity contribution in [3.8, 4) is 0 Å². The molecule has 1 amide bonds. The molecule has 8 nitrogen and oxygen atoms in total. The van der Waals surface area contributed by atoms with Crippen molar-refractivity contribution in [2.24, 2.45) is 13.0 Å². The van der Waals surface area contributed by atoms with Crippen LogP contribution in [0.25, 0.3) is 10.9 Å². The Bertz CT molecular complexity index is 1100. The highest BCUT2D eigenvalue weighted by atomic mass is 16.5. The van der Waals surface area contributed by atoms with Gasteiger partial charge >= 0.3 is 0 Å². The number of hydrogen-bond acceptors (Lipinski definition) is 5. The summed E-state index contributed by atoms with van der Waals surface area (Å²) in [6.07, 6.45) is 3.11. The molecule has 1 aromatic carbocycles. The quantitative estimate of drug-likeness (QED) is 0.679. The summed E-state index contributed by atoms with van der Waals surface area (Å²) >= 11 is 0. The number of aromatic amines is 1. The maximum absolute atomic E-state index is 12.5. The number of aryl methyl sites for hydroxylation is 2. The average molecular weight is 423 g/mol. The molecule has 2 fully saturated rings. The first-order chi connectivity index (χ1) is 15.0. The van der Waals surface area contributed by atoms with Crippen molar-refractivity contribution in [2.45, 2.75) is 25.3 Å². The van der Waals surface area contributed by atoms with Gasteiger partial charge in [-0.3, -0.25) is 14.8 Å². The molecule has 2 saturated heterocycles. The molecule has 2 aromatic heterocycles. The number of likely N-dealkylation sites (tertiary alicyclic amines) is 2. The van der Waals surface area contributed by atoms with Gasteiger partial charge in [-0.25, -0.2) is 4.98 Å². The second-order valence-electron chi connectivity index (χ2n) is 9.07. The fourth-order valence-corrected chi connectivity index (χ4v) is 5.57. The van der Waals surface area contributed by atoms with Gasteiger partial charge in [-0.1, -0.05) is 18.2 Å². The molecule has 5 rings (SSSR count). The van der Waals surface area contributed by atoms with Gasteiger partial charge in [0.1, 0.15) is 12.4 Å². The fourth-order valence-electron chi connectivity index (χ4n) is 5.57. The minimum Gasteiger partial charge on any atom is -0.375 e. The SMILES string of the molecule is COCC(=O)N1CC[C@@]2(c3n[nH]c(C)n3)CN(Cc3cn(C)c4ccccc34)C[C@H]2C1. The third-order valence-corrected chi connectivity index (χ3v) is 7.07. The first-order valence-electron chi connectivity index (χ1n) is 10.9. The number of nitrogens with one attached hydrogen (secondary N) is 1. The topological polar surface area (TPSA) is 79.3 Å². The van der Waals surface area contributed by atoms with E-state index in [1.807, 2.05) is 11.8 Å². The minimum absolute atomic E-state index is 0.0646. The number of hydrogen-bond donors (Lipinski definition) is 1. The molecular formula is C23H30N6O2. The van der Waals surface area contributed by atoms with Gasteiger partial charge < -0.3 is 14.2 Å². The lowest BCUT2D eigenvalue weighted by Gasteiger charge is -2.41. The van der Waals surface area contributed by atoms with Crippen LogP contribution in [0.5, 0.6) is 0 Å². The Kier molecular flexibility index (Phi) is 5.06. The van der Waals surface area contributed by atoms with Gasteiger partial charge in [0.25, 0.3) is 0 Å². The van der Waals surface area contributed by atoms with Crippen molar-refractivity contribution in [3.05, 3.63) is 47.7 Å². The Morgan fingerprint density at radius 2 is 2.16 bits per heavy atom. The molecule has 164 valence electrons. The number of carbonyl (C=O) groups excluding carboxylic acids is 1. The second kappa shape index (κ2) is 7.76. The molecule has 2 aliphatic heterocycles. The average Bonchev–Trinajstić information content (AvgIpc) is 3.44. The number of fused-ring (bicyclic) bond motifs is 2.